The van der Waals surface area contributed by atoms with E-state index in [-0.39, 0.29) is 17.6 Å². The fourth-order valence-corrected chi connectivity index (χ4v) is 3.84. The van der Waals surface area contributed by atoms with Gasteiger partial charge < -0.3 is 4.98 Å². The van der Waals surface area contributed by atoms with Crippen LogP contribution in [0.2, 0.25) is 0 Å². The Hall–Kier alpha value is -2.50. The summed E-state index contributed by atoms with van der Waals surface area (Å²) in [6, 6.07) is 14.7. The van der Waals surface area contributed by atoms with E-state index in [4.69, 9.17) is 0 Å². The Bertz CT molecular complexity index is 943. The summed E-state index contributed by atoms with van der Waals surface area (Å²) in [7, 11) is 0. The van der Waals surface area contributed by atoms with Crippen molar-refractivity contribution in [2.24, 2.45) is 0 Å². The molecule has 1 aliphatic heterocycles. The summed E-state index contributed by atoms with van der Waals surface area (Å²) in [5.74, 6) is -0.00202. The Kier molecular flexibility index (Phi) is 5.05. The molecule has 0 bridgehead atoms. The maximum Gasteiger partial charge on any atom is 0.181 e. The van der Waals surface area contributed by atoms with E-state index in [1.165, 1.54) is 6.07 Å². The SMILES string of the molecule is C[C@H](C(=O)c1c[nH]c2ccccc12)N1CCN(Cc2ccccc2F)CC1. The summed E-state index contributed by atoms with van der Waals surface area (Å²) in [6.45, 7) is 5.88. The number of hydrogen-bond donors (Lipinski definition) is 1. The molecule has 1 aliphatic rings. The minimum Gasteiger partial charge on any atom is -0.360 e. The molecule has 2 heterocycles. The van der Waals surface area contributed by atoms with E-state index in [2.05, 4.69) is 14.8 Å². The van der Waals surface area contributed by atoms with Gasteiger partial charge in [0.15, 0.2) is 5.78 Å². The molecule has 0 radical (unpaired) electrons. The first-order valence-corrected chi connectivity index (χ1v) is 9.43. The van der Waals surface area contributed by atoms with Crippen LogP contribution in [0.1, 0.15) is 22.8 Å². The molecule has 1 N–H and O–H groups in total. The van der Waals surface area contributed by atoms with Gasteiger partial charge >= 0.3 is 0 Å². The van der Waals surface area contributed by atoms with Crippen LogP contribution in [0.15, 0.2) is 54.7 Å². The summed E-state index contributed by atoms with van der Waals surface area (Å²) in [4.78, 5) is 20.7. The molecule has 0 spiro atoms. The molecule has 0 saturated carbocycles. The number of aromatic amines is 1. The van der Waals surface area contributed by atoms with E-state index in [0.29, 0.717) is 6.54 Å². The number of carbonyl (C=O) groups excluding carboxylic acids is 1. The van der Waals surface area contributed by atoms with Crippen LogP contribution in [0.4, 0.5) is 4.39 Å². The molecule has 0 amide bonds. The van der Waals surface area contributed by atoms with E-state index in [9.17, 15) is 9.18 Å². The summed E-state index contributed by atoms with van der Waals surface area (Å²) >= 11 is 0. The van der Waals surface area contributed by atoms with Gasteiger partial charge in [-0.15, -0.1) is 0 Å². The number of aromatic nitrogens is 1. The second kappa shape index (κ2) is 7.62. The van der Waals surface area contributed by atoms with Crippen LogP contribution in [-0.4, -0.2) is 52.8 Å². The molecule has 4 rings (SSSR count). The molecule has 0 aliphatic carbocycles. The Morgan fingerprint density at radius 3 is 2.56 bits per heavy atom. The largest absolute Gasteiger partial charge is 0.360 e. The number of piperazine rings is 1. The lowest BCUT2D eigenvalue weighted by Gasteiger charge is -2.37. The molecule has 2 aromatic carbocycles. The quantitative estimate of drug-likeness (QED) is 0.701. The normalized spacial score (nSPS) is 17.3. The minimum atomic E-state index is -0.167. The zero-order valence-corrected chi connectivity index (χ0v) is 15.5. The van der Waals surface area contributed by atoms with Crippen molar-refractivity contribution in [1.29, 1.82) is 0 Å². The molecule has 5 heteroatoms. The van der Waals surface area contributed by atoms with E-state index >= 15 is 0 Å². The van der Waals surface area contributed by atoms with Gasteiger partial charge in [0.2, 0.25) is 0 Å². The van der Waals surface area contributed by atoms with Crippen LogP contribution in [0.25, 0.3) is 10.9 Å². The van der Waals surface area contributed by atoms with Crippen LogP contribution in [0.3, 0.4) is 0 Å². The third-order valence-corrected chi connectivity index (χ3v) is 5.54. The number of benzene rings is 2. The van der Waals surface area contributed by atoms with Crippen LogP contribution in [-0.2, 0) is 6.54 Å². The van der Waals surface area contributed by atoms with Gasteiger partial charge in [-0.05, 0) is 19.1 Å². The standard InChI is InChI=1S/C22H24FN3O/c1-16(22(27)19-14-24-21-9-5-3-7-18(19)21)26-12-10-25(11-13-26)15-17-6-2-4-8-20(17)23/h2-9,14,16,24H,10-13,15H2,1H3/t16-/m1/s1. The number of halogens is 1. The van der Waals surface area contributed by atoms with Crippen LogP contribution >= 0.6 is 0 Å². The van der Waals surface area contributed by atoms with Crippen molar-refractivity contribution in [2.45, 2.75) is 19.5 Å². The van der Waals surface area contributed by atoms with E-state index in [1.807, 2.05) is 49.5 Å². The van der Waals surface area contributed by atoms with Gasteiger partial charge in [-0.25, -0.2) is 4.39 Å². The molecular weight excluding hydrogens is 341 g/mol. The number of hydrogen-bond acceptors (Lipinski definition) is 3. The predicted octanol–water partition coefficient (Wildman–Crippen LogP) is 3.70. The Balaban J connectivity index is 1.39. The van der Waals surface area contributed by atoms with Crippen molar-refractivity contribution in [3.63, 3.8) is 0 Å². The predicted molar refractivity (Wildman–Crippen MR) is 105 cm³/mol. The maximum atomic E-state index is 13.9. The van der Waals surface area contributed by atoms with E-state index in [0.717, 1.165) is 48.2 Å². The first-order valence-electron chi connectivity index (χ1n) is 9.43. The molecule has 140 valence electrons. The topological polar surface area (TPSA) is 39.3 Å². The average molecular weight is 365 g/mol. The monoisotopic (exact) mass is 365 g/mol. The highest BCUT2D eigenvalue weighted by Crippen LogP contribution is 2.21. The van der Waals surface area contributed by atoms with Crippen LogP contribution < -0.4 is 0 Å². The maximum absolute atomic E-state index is 13.9. The molecule has 1 saturated heterocycles. The average Bonchev–Trinajstić information content (AvgIpc) is 3.13. The van der Waals surface area contributed by atoms with Crippen molar-refractivity contribution >= 4 is 16.7 Å². The highest BCUT2D eigenvalue weighted by atomic mass is 19.1. The lowest BCUT2D eigenvalue weighted by Crippen LogP contribution is -2.51. The van der Waals surface area contributed by atoms with Gasteiger partial charge in [-0.1, -0.05) is 36.4 Å². The van der Waals surface area contributed by atoms with E-state index < -0.39 is 0 Å². The molecule has 0 unspecified atom stereocenters. The molecule has 1 atom stereocenters. The van der Waals surface area contributed by atoms with Gasteiger partial charge in [0.25, 0.3) is 0 Å². The van der Waals surface area contributed by atoms with Gasteiger partial charge in [0.1, 0.15) is 5.82 Å². The molecule has 1 fully saturated rings. The third kappa shape index (κ3) is 3.66. The number of H-pyrrole nitrogens is 1. The number of ketones is 1. The van der Waals surface area contributed by atoms with Crippen LogP contribution in [0, 0.1) is 5.82 Å². The number of para-hydroxylation sites is 1. The molecule has 1 aromatic heterocycles. The Labute approximate surface area is 158 Å². The minimum absolute atomic E-state index is 0.148. The summed E-state index contributed by atoms with van der Waals surface area (Å²) < 4.78 is 13.9. The van der Waals surface area contributed by atoms with Crippen molar-refractivity contribution in [3.05, 3.63) is 71.7 Å². The second-order valence-electron chi connectivity index (χ2n) is 7.19. The highest BCUT2D eigenvalue weighted by molar-refractivity contribution is 6.10. The molecule has 3 aromatic rings. The lowest BCUT2D eigenvalue weighted by molar-refractivity contribution is 0.0687. The van der Waals surface area contributed by atoms with Crippen molar-refractivity contribution in [2.75, 3.05) is 26.2 Å². The zero-order chi connectivity index (χ0) is 18.8. The number of rotatable bonds is 5. The van der Waals surface area contributed by atoms with Crippen LogP contribution in [0.5, 0.6) is 0 Å². The first kappa shape index (κ1) is 17.9. The van der Waals surface area contributed by atoms with Crippen molar-refractivity contribution < 1.29 is 9.18 Å². The number of nitrogens with one attached hydrogen (secondary N) is 1. The smallest absolute Gasteiger partial charge is 0.181 e. The molecule has 27 heavy (non-hydrogen) atoms. The summed E-state index contributed by atoms with van der Waals surface area (Å²) in [5, 5.41) is 0.979. The number of fused-ring (bicyclic) bond motifs is 1. The molecular formula is C22H24FN3O. The van der Waals surface area contributed by atoms with Gasteiger partial charge in [0, 0.05) is 61.0 Å². The number of carbonyl (C=O) groups is 1. The van der Waals surface area contributed by atoms with E-state index in [1.54, 1.807) is 6.07 Å². The van der Waals surface area contributed by atoms with Gasteiger partial charge in [-0.2, -0.15) is 0 Å². The second-order valence-corrected chi connectivity index (χ2v) is 7.19. The number of Topliss-reactive ketones (excluding diaryl/α,β-unsaturated/α-hetero) is 1. The number of nitrogens with zero attached hydrogens (tertiary/aromatic N) is 2. The fourth-order valence-electron chi connectivity index (χ4n) is 3.84. The Morgan fingerprint density at radius 1 is 1.07 bits per heavy atom. The van der Waals surface area contributed by atoms with Crippen molar-refractivity contribution in [1.82, 2.24) is 14.8 Å². The zero-order valence-electron chi connectivity index (χ0n) is 15.5. The third-order valence-electron chi connectivity index (χ3n) is 5.54. The Morgan fingerprint density at radius 2 is 1.78 bits per heavy atom. The fraction of sp³-hybridized carbons (Fsp3) is 0.318. The molecule has 4 nitrogen and oxygen atoms in total. The lowest BCUT2D eigenvalue weighted by atomic mass is 10.0. The first-order chi connectivity index (χ1) is 13.1. The summed E-state index contributed by atoms with van der Waals surface area (Å²) in [6.07, 6.45) is 1.82. The van der Waals surface area contributed by atoms with Crippen molar-refractivity contribution in [3.8, 4) is 0 Å². The van der Waals surface area contributed by atoms with Gasteiger partial charge in [-0.3, -0.25) is 14.6 Å². The highest BCUT2D eigenvalue weighted by Gasteiger charge is 2.27. The summed E-state index contributed by atoms with van der Waals surface area (Å²) in [5.41, 5.74) is 2.48. The van der Waals surface area contributed by atoms with Gasteiger partial charge in [0.05, 0.1) is 6.04 Å².